The lowest BCUT2D eigenvalue weighted by Crippen LogP contribution is -2.32. The molecule has 0 aliphatic heterocycles. The van der Waals surface area contributed by atoms with E-state index < -0.39 is 0 Å². The third kappa shape index (κ3) is 2.85. The molecule has 0 aromatic carbocycles. The van der Waals surface area contributed by atoms with Gasteiger partial charge < -0.3 is 16.2 Å². The molecule has 0 saturated heterocycles. The number of hydrogen-bond acceptors (Lipinski definition) is 5. The second-order valence-corrected chi connectivity index (χ2v) is 3.77. The van der Waals surface area contributed by atoms with Crippen LogP contribution in [-0.4, -0.2) is 27.2 Å². The molecule has 1 aromatic rings. The van der Waals surface area contributed by atoms with Crippen molar-refractivity contribution in [1.29, 1.82) is 0 Å². The van der Waals surface area contributed by atoms with E-state index in [-0.39, 0.29) is 12.1 Å². The Morgan fingerprint density at radius 3 is 2.64 bits per heavy atom. The molecule has 4 N–H and O–H groups in total. The first-order valence-electron chi connectivity index (χ1n) is 4.51. The molecule has 0 amide bonds. The Morgan fingerprint density at radius 2 is 2.07 bits per heavy atom. The molecule has 78 valence electrons. The van der Waals surface area contributed by atoms with Gasteiger partial charge in [-0.05, 0) is 20.3 Å². The largest absolute Gasteiger partial charge is 0.396 e. The lowest BCUT2D eigenvalue weighted by Gasteiger charge is -2.26. The van der Waals surface area contributed by atoms with Gasteiger partial charge >= 0.3 is 0 Å². The van der Waals surface area contributed by atoms with Crippen molar-refractivity contribution in [2.24, 2.45) is 0 Å². The highest BCUT2D eigenvalue weighted by molar-refractivity contribution is 5.56. The van der Waals surface area contributed by atoms with Crippen molar-refractivity contribution < 1.29 is 5.11 Å². The van der Waals surface area contributed by atoms with Gasteiger partial charge in [0.1, 0.15) is 0 Å². The maximum atomic E-state index is 8.84. The zero-order valence-corrected chi connectivity index (χ0v) is 8.49. The number of nitrogens with two attached hydrogens (primary N) is 1. The predicted molar refractivity (Wildman–Crippen MR) is 55.8 cm³/mol. The van der Waals surface area contributed by atoms with E-state index in [0.29, 0.717) is 18.1 Å². The van der Waals surface area contributed by atoms with E-state index in [1.165, 1.54) is 0 Å². The van der Waals surface area contributed by atoms with Gasteiger partial charge in [-0.1, -0.05) is 0 Å². The van der Waals surface area contributed by atoms with Gasteiger partial charge in [0, 0.05) is 24.5 Å². The third-order valence-electron chi connectivity index (χ3n) is 1.92. The summed E-state index contributed by atoms with van der Waals surface area (Å²) in [5.74, 6) is 0.935. The van der Waals surface area contributed by atoms with E-state index in [2.05, 4.69) is 15.3 Å². The van der Waals surface area contributed by atoms with Crippen LogP contribution in [0.2, 0.25) is 0 Å². The number of nitrogens with one attached hydrogen (secondary N) is 1. The van der Waals surface area contributed by atoms with Gasteiger partial charge in [-0.15, -0.1) is 0 Å². The number of nitrogens with zero attached hydrogens (tertiary/aromatic N) is 2. The molecule has 0 atom stereocenters. The Kier molecular flexibility index (Phi) is 3.24. The lowest BCUT2D eigenvalue weighted by atomic mass is 10.0. The van der Waals surface area contributed by atoms with Crippen LogP contribution in [0.15, 0.2) is 12.4 Å². The summed E-state index contributed by atoms with van der Waals surface area (Å²) in [6, 6.07) is 0. The molecule has 5 heteroatoms. The maximum Gasteiger partial charge on any atom is 0.169 e. The van der Waals surface area contributed by atoms with Crippen LogP contribution < -0.4 is 11.1 Å². The normalized spacial score (nSPS) is 11.4. The standard InChI is InChI=1S/C9H16N4O/c1-9(2,3-6-14)13-8-7(10)11-4-5-12-8/h4-5,14H,3,6H2,1-2H3,(H2,10,11)(H,12,13). The highest BCUT2D eigenvalue weighted by Gasteiger charge is 2.18. The summed E-state index contributed by atoms with van der Waals surface area (Å²) in [6.07, 6.45) is 3.75. The molecule has 0 saturated carbocycles. The van der Waals surface area contributed by atoms with Crippen LogP contribution in [0, 0.1) is 0 Å². The molecule has 0 radical (unpaired) electrons. The third-order valence-corrected chi connectivity index (χ3v) is 1.92. The number of hydrogen-bond donors (Lipinski definition) is 3. The smallest absolute Gasteiger partial charge is 0.169 e. The highest BCUT2D eigenvalue weighted by atomic mass is 16.3. The fourth-order valence-corrected chi connectivity index (χ4v) is 1.11. The van der Waals surface area contributed by atoms with E-state index in [4.69, 9.17) is 10.8 Å². The zero-order chi connectivity index (χ0) is 10.6. The minimum atomic E-state index is -0.237. The van der Waals surface area contributed by atoms with Crippen molar-refractivity contribution in [2.45, 2.75) is 25.8 Å². The predicted octanol–water partition coefficient (Wildman–Crippen LogP) is 0.632. The lowest BCUT2D eigenvalue weighted by molar-refractivity contribution is 0.260. The minimum Gasteiger partial charge on any atom is -0.396 e. The SMILES string of the molecule is CC(C)(CCO)Nc1nccnc1N. The zero-order valence-electron chi connectivity index (χ0n) is 8.49. The molecule has 0 aliphatic rings. The van der Waals surface area contributed by atoms with E-state index in [1.54, 1.807) is 12.4 Å². The van der Waals surface area contributed by atoms with E-state index in [9.17, 15) is 0 Å². The van der Waals surface area contributed by atoms with Crippen LogP contribution in [-0.2, 0) is 0 Å². The number of nitrogen functional groups attached to an aromatic ring is 1. The van der Waals surface area contributed by atoms with E-state index in [1.807, 2.05) is 13.8 Å². The van der Waals surface area contributed by atoms with Gasteiger partial charge in [0.25, 0.3) is 0 Å². The van der Waals surface area contributed by atoms with Crippen molar-refractivity contribution in [2.75, 3.05) is 17.7 Å². The summed E-state index contributed by atoms with van der Waals surface area (Å²) in [7, 11) is 0. The van der Waals surface area contributed by atoms with Crippen LogP contribution in [0.4, 0.5) is 11.6 Å². The average molecular weight is 196 g/mol. The Bertz CT molecular complexity index is 301. The van der Waals surface area contributed by atoms with Gasteiger partial charge in [0.2, 0.25) is 0 Å². The van der Waals surface area contributed by atoms with Crippen LogP contribution in [0.5, 0.6) is 0 Å². The van der Waals surface area contributed by atoms with Crippen molar-refractivity contribution in [3.8, 4) is 0 Å². The van der Waals surface area contributed by atoms with Crippen LogP contribution >= 0.6 is 0 Å². The summed E-state index contributed by atoms with van der Waals surface area (Å²) in [5, 5.41) is 12.0. The Hall–Kier alpha value is -1.36. The van der Waals surface area contributed by atoms with Gasteiger partial charge in [-0.25, -0.2) is 9.97 Å². The fraction of sp³-hybridized carbons (Fsp3) is 0.556. The molecule has 0 bridgehead atoms. The van der Waals surface area contributed by atoms with Crippen molar-refractivity contribution in [3.05, 3.63) is 12.4 Å². The second kappa shape index (κ2) is 4.23. The Balaban J connectivity index is 2.73. The van der Waals surface area contributed by atoms with Crippen molar-refractivity contribution >= 4 is 11.6 Å². The molecular weight excluding hydrogens is 180 g/mol. The first kappa shape index (κ1) is 10.7. The first-order valence-corrected chi connectivity index (χ1v) is 4.51. The molecular formula is C9H16N4O. The number of rotatable bonds is 4. The summed E-state index contributed by atoms with van der Waals surface area (Å²) < 4.78 is 0. The summed E-state index contributed by atoms with van der Waals surface area (Å²) >= 11 is 0. The average Bonchev–Trinajstić information content (AvgIpc) is 2.08. The number of anilines is 2. The van der Waals surface area contributed by atoms with Crippen LogP contribution in [0.1, 0.15) is 20.3 Å². The van der Waals surface area contributed by atoms with E-state index >= 15 is 0 Å². The van der Waals surface area contributed by atoms with Gasteiger partial charge in [0.05, 0.1) is 0 Å². The minimum absolute atomic E-state index is 0.125. The van der Waals surface area contributed by atoms with Crippen LogP contribution in [0.3, 0.4) is 0 Å². The molecule has 0 unspecified atom stereocenters. The Morgan fingerprint density at radius 1 is 1.43 bits per heavy atom. The molecule has 0 spiro atoms. The molecule has 0 aliphatic carbocycles. The van der Waals surface area contributed by atoms with Crippen molar-refractivity contribution in [1.82, 2.24) is 9.97 Å². The topological polar surface area (TPSA) is 84.1 Å². The quantitative estimate of drug-likeness (QED) is 0.657. The fourth-order valence-electron chi connectivity index (χ4n) is 1.11. The molecule has 1 rings (SSSR count). The molecule has 0 fully saturated rings. The van der Waals surface area contributed by atoms with Crippen molar-refractivity contribution in [3.63, 3.8) is 0 Å². The van der Waals surface area contributed by atoms with Crippen LogP contribution in [0.25, 0.3) is 0 Å². The molecule has 14 heavy (non-hydrogen) atoms. The second-order valence-electron chi connectivity index (χ2n) is 3.77. The number of aliphatic hydroxyl groups is 1. The van der Waals surface area contributed by atoms with E-state index in [0.717, 1.165) is 0 Å². The summed E-state index contributed by atoms with van der Waals surface area (Å²) in [5.41, 5.74) is 5.39. The number of aliphatic hydroxyl groups excluding tert-OH is 1. The first-order chi connectivity index (χ1) is 6.55. The van der Waals surface area contributed by atoms with Gasteiger partial charge in [0.15, 0.2) is 11.6 Å². The van der Waals surface area contributed by atoms with Gasteiger partial charge in [-0.2, -0.15) is 0 Å². The Labute approximate surface area is 83.4 Å². The highest BCUT2D eigenvalue weighted by Crippen LogP contribution is 2.18. The van der Waals surface area contributed by atoms with Gasteiger partial charge in [-0.3, -0.25) is 0 Å². The maximum absolute atomic E-state index is 8.84. The summed E-state index contributed by atoms with van der Waals surface area (Å²) in [6.45, 7) is 4.06. The molecule has 1 aromatic heterocycles. The summed E-state index contributed by atoms with van der Waals surface area (Å²) in [4.78, 5) is 7.98. The monoisotopic (exact) mass is 196 g/mol. The molecule has 1 heterocycles. The molecule has 5 nitrogen and oxygen atoms in total. The number of aromatic nitrogens is 2.